The van der Waals surface area contributed by atoms with E-state index in [1.54, 1.807) is 30.6 Å². The number of hydrogen-bond donors (Lipinski definition) is 0. The Morgan fingerprint density at radius 1 is 1.17 bits per heavy atom. The highest BCUT2D eigenvalue weighted by Gasteiger charge is 2.12. The summed E-state index contributed by atoms with van der Waals surface area (Å²) in [6.07, 6.45) is 1.73. The van der Waals surface area contributed by atoms with Gasteiger partial charge in [0.05, 0.1) is 18.7 Å². The first kappa shape index (κ1) is 15.4. The van der Waals surface area contributed by atoms with Gasteiger partial charge in [0.15, 0.2) is 0 Å². The van der Waals surface area contributed by atoms with Crippen molar-refractivity contribution in [3.63, 3.8) is 0 Å². The van der Waals surface area contributed by atoms with Gasteiger partial charge in [-0.3, -0.25) is 4.90 Å². The molecule has 23 heavy (non-hydrogen) atoms. The molecule has 3 rings (SSSR count). The van der Waals surface area contributed by atoms with Crippen molar-refractivity contribution in [1.82, 2.24) is 19.7 Å². The molecular formula is C17H19FN4O. The smallest absolute Gasteiger partial charge is 0.147 e. The fourth-order valence-electron chi connectivity index (χ4n) is 2.50. The van der Waals surface area contributed by atoms with Gasteiger partial charge in [-0.2, -0.15) is 0 Å². The van der Waals surface area contributed by atoms with E-state index in [1.807, 2.05) is 17.7 Å². The average molecular weight is 314 g/mol. The Morgan fingerprint density at radius 3 is 2.78 bits per heavy atom. The number of rotatable bonds is 6. The highest BCUT2D eigenvalue weighted by Crippen LogP contribution is 2.25. The maximum atomic E-state index is 13.8. The van der Waals surface area contributed by atoms with E-state index in [0.717, 1.165) is 18.1 Å². The Balaban J connectivity index is 1.68. The van der Waals surface area contributed by atoms with E-state index in [1.165, 1.54) is 6.07 Å². The lowest BCUT2D eigenvalue weighted by atomic mass is 10.1. The molecule has 1 aromatic carbocycles. The normalized spacial score (nSPS) is 11.3. The fraction of sp³-hybridized carbons (Fsp3) is 0.294. The third-order valence-corrected chi connectivity index (χ3v) is 3.67. The zero-order valence-corrected chi connectivity index (χ0v) is 13.2. The summed E-state index contributed by atoms with van der Waals surface area (Å²) in [5, 5.41) is 8.05. The van der Waals surface area contributed by atoms with E-state index < -0.39 is 0 Å². The molecule has 3 aromatic rings. The third kappa shape index (κ3) is 3.48. The van der Waals surface area contributed by atoms with Crippen molar-refractivity contribution in [2.75, 3.05) is 7.05 Å². The molecule has 0 saturated carbocycles. The Kier molecular flexibility index (Phi) is 4.52. The molecule has 2 heterocycles. The highest BCUT2D eigenvalue weighted by molar-refractivity contribution is 5.58. The van der Waals surface area contributed by atoms with E-state index in [9.17, 15) is 4.39 Å². The van der Waals surface area contributed by atoms with Gasteiger partial charge in [0.2, 0.25) is 0 Å². The van der Waals surface area contributed by atoms with Crippen molar-refractivity contribution >= 4 is 0 Å². The maximum absolute atomic E-state index is 13.8. The maximum Gasteiger partial charge on any atom is 0.147 e. The Hall–Kier alpha value is -2.47. The first-order valence-corrected chi connectivity index (χ1v) is 7.56. The molecule has 5 nitrogen and oxygen atoms in total. The van der Waals surface area contributed by atoms with Gasteiger partial charge in [-0.1, -0.05) is 12.1 Å². The SMILES string of the molecule is CCn1cnnc1CN(C)Cc1ccc(-c2ccccc2F)o1. The van der Waals surface area contributed by atoms with Gasteiger partial charge in [0.25, 0.3) is 0 Å². The molecule has 2 aromatic heterocycles. The van der Waals surface area contributed by atoms with E-state index >= 15 is 0 Å². The number of hydrogen-bond acceptors (Lipinski definition) is 4. The quantitative estimate of drug-likeness (QED) is 0.700. The van der Waals surface area contributed by atoms with Crippen LogP contribution in [-0.2, 0) is 19.6 Å². The predicted octanol–water partition coefficient (Wildman–Crippen LogP) is 3.33. The Bertz CT molecular complexity index is 780. The molecule has 0 amide bonds. The van der Waals surface area contributed by atoms with E-state index in [0.29, 0.717) is 24.4 Å². The summed E-state index contributed by atoms with van der Waals surface area (Å²) in [5.74, 6) is 1.96. The lowest BCUT2D eigenvalue weighted by Gasteiger charge is -2.14. The summed E-state index contributed by atoms with van der Waals surface area (Å²) in [6.45, 7) is 4.18. The molecule has 0 fully saturated rings. The molecule has 0 bridgehead atoms. The zero-order chi connectivity index (χ0) is 16.2. The minimum atomic E-state index is -0.280. The predicted molar refractivity (Wildman–Crippen MR) is 85.0 cm³/mol. The molecule has 0 radical (unpaired) electrons. The molecular weight excluding hydrogens is 295 g/mol. The first-order valence-electron chi connectivity index (χ1n) is 7.56. The number of halogens is 1. The molecule has 0 aliphatic rings. The standard InChI is InChI=1S/C17H19FN4O/c1-3-22-12-19-20-17(22)11-21(2)10-13-8-9-16(23-13)14-6-4-5-7-15(14)18/h4-9,12H,3,10-11H2,1-2H3. The van der Waals surface area contributed by atoms with Crippen LogP contribution in [0.4, 0.5) is 4.39 Å². The van der Waals surface area contributed by atoms with Crippen molar-refractivity contribution in [2.45, 2.75) is 26.6 Å². The van der Waals surface area contributed by atoms with Gasteiger partial charge >= 0.3 is 0 Å². The second-order valence-electron chi connectivity index (χ2n) is 5.45. The molecule has 120 valence electrons. The Labute approximate surface area is 134 Å². The second-order valence-corrected chi connectivity index (χ2v) is 5.45. The van der Waals surface area contributed by atoms with E-state index in [2.05, 4.69) is 22.0 Å². The first-order chi connectivity index (χ1) is 11.2. The lowest BCUT2D eigenvalue weighted by Crippen LogP contribution is -2.19. The van der Waals surface area contributed by atoms with Crippen molar-refractivity contribution in [3.8, 4) is 11.3 Å². The van der Waals surface area contributed by atoms with Crippen LogP contribution < -0.4 is 0 Å². The minimum Gasteiger partial charge on any atom is -0.460 e. The summed E-state index contributed by atoms with van der Waals surface area (Å²) in [5.41, 5.74) is 0.479. The summed E-state index contributed by atoms with van der Waals surface area (Å²) < 4.78 is 21.6. The van der Waals surface area contributed by atoms with Gasteiger partial charge in [0.1, 0.15) is 29.5 Å². The lowest BCUT2D eigenvalue weighted by molar-refractivity contribution is 0.278. The van der Waals surface area contributed by atoms with Crippen LogP contribution in [0.5, 0.6) is 0 Å². The molecule has 0 aliphatic carbocycles. The molecule has 0 spiro atoms. The highest BCUT2D eigenvalue weighted by atomic mass is 19.1. The summed E-state index contributed by atoms with van der Waals surface area (Å²) in [6, 6.07) is 10.3. The number of benzene rings is 1. The fourth-order valence-corrected chi connectivity index (χ4v) is 2.50. The van der Waals surface area contributed by atoms with Gasteiger partial charge in [0, 0.05) is 6.54 Å². The number of aryl methyl sites for hydroxylation is 1. The van der Waals surface area contributed by atoms with Gasteiger partial charge < -0.3 is 8.98 Å². The van der Waals surface area contributed by atoms with Crippen molar-refractivity contribution in [3.05, 3.63) is 60.1 Å². The van der Waals surface area contributed by atoms with Gasteiger partial charge in [-0.25, -0.2) is 4.39 Å². The summed E-state index contributed by atoms with van der Waals surface area (Å²) >= 11 is 0. The van der Waals surface area contributed by atoms with Crippen LogP contribution in [-0.4, -0.2) is 26.7 Å². The van der Waals surface area contributed by atoms with Gasteiger partial charge in [-0.15, -0.1) is 10.2 Å². The monoisotopic (exact) mass is 314 g/mol. The van der Waals surface area contributed by atoms with Crippen LogP contribution >= 0.6 is 0 Å². The topological polar surface area (TPSA) is 47.1 Å². The number of nitrogens with zero attached hydrogens (tertiary/aromatic N) is 4. The number of furan rings is 1. The van der Waals surface area contributed by atoms with Crippen LogP contribution in [0, 0.1) is 5.82 Å². The molecule has 0 atom stereocenters. The largest absolute Gasteiger partial charge is 0.460 e. The number of aromatic nitrogens is 3. The molecule has 0 N–H and O–H groups in total. The van der Waals surface area contributed by atoms with Crippen molar-refractivity contribution < 1.29 is 8.81 Å². The third-order valence-electron chi connectivity index (χ3n) is 3.67. The van der Waals surface area contributed by atoms with E-state index in [-0.39, 0.29) is 5.82 Å². The van der Waals surface area contributed by atoms with Crippen LogP contribution in [0.25, 0.3) is 11.3 Å². The van der Waals surface area contributed by atoms with Crippen LogP contribution in [0.1, 0.15) is 18.5 Å². The van der Waals surface area contributed by atoms with Crippen LogP contribution in [0.3, 0.4) is 0 Å². The minimum absolute atomic E-state index is 0.280. The Morgan fingerprint density at radius 2 is 2.00 bits per heavy atom. The van der Waals surface area contributed by atoms with Gasteiger partial charge in [-0.05, 0) is 38.2 Å². The summed E-state index contributed by atoms with van der Waals surface area (Å²) in [7, 11) is 1.99. The average Bonchev–Trinajstić information content (AvgIpc) is 3.17. The molecule has 0 unspecified atom stereocenters. The molecule has 0 saturated heterocycles. The molecule has 6 heteroatoms. The van der Waals surface area contributed by atoms with Crippen LogP contribution in [0.15, 0.2) is 47.1 Å². The molecule has 0 aliphatic heterocycles. The van der Waals surface area contributed by atoms with Crippen LogP contribution in [0.2, 0.25) is 0 Å². The second kappa shape index (κ2) is 6.75. The van der Waals surface area contributed by atoms with E-state index in [4.69, 9.17) is 4.42 Å². The zero-order valence-electron chi connectivity index (χ0n) is 13.2. The summed E-state index contributed by atoms with van der Waals surface area (Å²) in [4.78, 5) is 2.08. The van der Waals surface area contributed by atoms with Crippen molar-refractivity contribution in [2.24, 2.45) is 0 Å². The van der Waals surface area contributed by atoms with Crippen molar-refractivity contribution in [1.29, 1.82) is 0 Å².